The van der Waals surface area contributed by atoms with Crippen molar-refractivity contribution in [2.75, 3.05) is 5.32 Å². The summed E-state index contributed by atoms with van der Waals surface area (Å²) in [6.07, 6.45) is 5.76. The number of benzene rings is 1. The summed E-state index contributed by atoms with van der Waals surface area (Å²) >= 11 is 0. The van der Waals surface area contributed by atoms with E-state index in [1.165, 1.54) is 24.4 Å². The van der Waals surface area contributed by atoms with E-state index >= 15 is 0 Å². The molecule has 0 aliphatic carbocycles. The van der Waals surface area contributed by atoms with Gasteiger partial charge in [0.25, 0.3) is 5.69 Å². The van der Waals surface area contributed by atoms with Crippen LogP contribution in [0.3, 0.4) is 0 Å². The van der Waals surface area contributed by atoms with Gasteiger partial charge in [-0.25, -0.2) is 0 Å². The standard InChI is InChI=1S/C14H11N3O3/c18-14(16-12-5-3-9-15-10-12)8-7-11-4-1-2-6-13(11)17(19)20/h1-10H,(H,16,18). The van der Waals surface area contributed by atoms with Crippen molar-refractivity contribution in [1.82, 2.24) is 4.98 Å². The van der Waals surface area contributed by atoms with Gasteiger partial charge in [0.2, 0.25) is 5.91 Å². The second-order valence-electron chi connectivity index (χ2n) is 3.88. The van der Waals surface area contributed by atoms with Crippen molar-refractivity contribution in [3.8, 4) is 0 Å². The van der Waals surface area contributed by atoms with Crippen LogP contribution in [-0.4, -0.2) is 15.8 Å². The number of hydrogen-bond donors (Lipinski definition) is 1. The van der Waals surface area contributed by atoms with E-state index in [1.54, 1.807) is 36.5 Å². The number of para-hydroxylation sites is 1. The minimum atomic E-state index is -0.487. The molecule has 0 atom stereocenters. The number of anilines is 1. The SMILES string of the molecule is O=C(C=Cc1ccccc1[N+](=O)[O-])Nc1cccnc1. The number of pyridine rings is 1. The van der Waals surface area contributed by atoms with Gasteiger partial charge in [-0.3, -0.25) is 19.9 Å². The normalized spacial score (nSPS) is 10.4. The highest BCUT2D eigenvalue weighted by molar-refractivity contribution is 6.02. The molecular formula is C14H11N3O3. The van der Waals surface area contributed by atoms with Crippen molar-refractivity contribution in [1.29, 1.82) is 0 Å². The molecule has 1 heterocycles. The Balaban J connectivity index is 2.10. The number of amides is 1. The molecular weight excluding hydrogens is 258 g/mol. The molecule has 6 nitrogen and oxygen atoms in total. The zero-order chi connectivity index (χ0) is 14.4. The molecule has 0 aliphatic heterocycles. The van der Waals surface area contributed by atoms with Gasteiger partial charge in [0.1, 0.15) is 0 Å². The molecule has 0 unspecified atom stereocenters. The summed E-state index contributed by atoms with van der Waals surface area (Å²) in [6.45, 7) is 0. The lowest BCUT2D eigenvalue weighted by Crippen LogP contribution is -2.07. The first-order valence-electron chi connectivity index (χ1n) is 5.79. The number of nitrogens with one attached hydrogen (secondary N) is 1. The Morgan fingerprint density at radius 2 is 2.05 bits per heavy atom. The van der Waals surface area contributed by atoms with E-state index in [4.69, 9.17) is 0 Å². The minimum Gasteiger partial charge on any atom is -0.321 e. The maximum Gasteiger partial charge on any atom is 0.276 e. The average Bonchev–Trinajstić information content (AvgIpc) is 2.46. The molecule has 0 spiro atoms. The number of hydrogen-bond acceptors (Lipinski definition) is 4. The van der Waals surface area contributed by atoms with Crippen LogP contribution < -0.4 is 5.32 Å². The molecule has 0 saturated carbocycles. The first-order chi connectivity index (χ1) is 9.66. The molecule has 100 valence electrons. The topological polar surface area (TPSA) is 85.1 Å². The highest BCUT2D eigenvalue weighted by atomic mass is 16.6. The van der Waals surface area contributed by atoms with E-state index in [0.717, 1.165) is 0 Å². The van der Waals surface area contributed by atoms with E-state index < -0.39 is 4.92 Å². The molecule has 1 N–H and O–H groups in total. The highest BCUT2D eigenvalue weighted by Crippen LogP contribution is 2.18. The Bertz CT molecular complexity index is 654. The third-order valence-corrected chi connectivity index (χ3v) is 2.48. The number of nitro groups is 1. The molecule has 1 aromatic carbocycles. The minimum absolute atomic E-state index is 0.0436. The number of carbonyl (C=O) groups is 1. The lowest BCUT2D eigenvalue weighted by molar-refractivity contribution is -0.385. The predicted octanol–water partition coefficient (Wildman–Crippen LogP) is 2.64. The molecule has 1 amide bonds. The highest BCUT2D eigenvalue weighted by Gasteiger charge is 2.09. The number of nitrogens with zero attached hydrogens (tertiary/aromatic N) is 2. The second kappa shape index (κ2) is 6.24. The van der Waals surface area contributed by atoms with Gasteiger partial charge < -0.3 is 5.32 Å². The van der Waals surface area contributed by atoms with Crippen LogP contribution in [0.25, 0.3) is 6.08 Å². The molecule has 0 radical (unpaired) electrons. The van der Waals surface area contributed by atoms with Gasteiger partial charge in [-0.15, -0.1) is 0 Å². The number of aromatic nitrogens is 1. The van der Waals surface area contributed by atoms with E-state index in [-0.39, 0.29) is 11.6 Å². The summed E-state index contributed by atoms with van der Waals surface area (Å²) in [5.41, 5.74) is 0.890. The Labute approximate surface area is 114 Å². The van der Waals surface area contributed by atoms with Gasteiger partial charge in [0.05, 0.1) is 22.4 Å². The molecule has 2 rings (SSSR count). The van der Waals surface area contributed by atoms with Gasteiger partial charge in [0, 0.05) is 18.3 Å². The Morgan fingerprint density at radius 3 is 2.75 bits per heavy atom. The first kappa shape index (κ1) is 13.4. The summed E-state index contributed by atoms with van der Waals surface area (Å²) in [5.74, 6) is -0.379. The lowest BCUT2D eigenvalue weighted by Gasteiger charge is -2.00. The summed E-state index contributed by atoms with van der Waals surface area (Å²) in [7, 11) is 0. The zero-order valence-corrected chi connectivity index (χ0v) is 10.4. The molecule has 0 bridgehead atoms. The molecule has 20 heavy (non-hydrogen) atoms. The number of carbonyl (C=O) groups excluding carboxylic acids is 1. The lowest BCUT2D eigenvalue weighted by atomic mass is 10.1. The maximum absolute atomic E-state index is 11.7. The fourth-order valence-electron chi connectivity index (χ4n) is 1.58. The molecule has 0 aliphatic rings. The van der Waals surface area contributed by atoms with Crippen molar-refractivity contribution in [2.24, 2.45) is 0 Å². The van der Waals surface area contributed by atoms with Crippen LogP contribution in [0.15, 0.2) is 54.9 Å². The first-order valence-corrected chi connectivity index (χ1v) is 5.79. The zero-order valence-electron chi connectivity index (χ0n) is 10.4. The van der Waals surface area contributed by atoms with Crippen LogP contribution >= 0.6 is 0 Å². The van der Waals surface area contributed by atoms with Crippen LogP contribution in [0.4, 0.5) is 11.4 Å². The van der Waals surface area contributed by atoms with Crippen LogP contribution in [0, 0.1) is 10.1 Å². The van der Waals surface area contributed by atoms with Crippen LogP contribution in [0.1, 0.15) is 5.56 Å². The third kappa shape index (κ3) is 3.49. The number of nitro benzene ring substituents is 1. The van der Waals surface area contributed by atoms with Crippen LogP contribution in [0.2, 0.25) is 0 Å². The molecule has 0 fully saturated rings. The Hall–Kier alpha value is -3.02. The van der Waals surface area contributed by atoms with Crippen LogP contribution in [0.5, 0.6) is 0 Å². The van der Waals surface area contributed by atoms with Gasteiger partial charge >= 0.3 is 0 Å². The molecule has 1 aromatic heterocycles. The second-order valence-corrected chi connectivity index (χ2v) is 3.88. The van der Waals surface area contributed by atoms with E-state index in [0.29, 0.717) is 11.3 Å². The van der Waals surface area contributed by atoms with Crippen molar-refractivity contribution in [3.63, 3.8) is 0 Å². The largest absolute Gasteiger partial charge is 0.321 e. The van der Waals surface area contributed by atoms with E-state index in [2.05, 4.69) is 10.3 Å². The van der Waals surface area contributed by atoms with Gasteiger partial charge in [-0.05, 0) is 24.3 Å². The smallest absolute Gasteiger partial charge is 0.276 e. The van der Waals surface area contributed by atoms with E-state index in [1.807, 2.05) is 0 Å². The van der Waals surface area contributed by atoms with Crippen molar-refractivity contribution < 1.29 is 9.72 Å². The Morgan fingerprint density at radius 1 is 1.25 bits per heavy atom. The van der Waals surface area contributed by atoms with Crippen LogP contribution in [-0.2, 0) is 4.79 Å². The molecule has 6 heteroatoms. The van der Waals surface area contributed by atoms with Gasteiger partial charge in [0.15, 0.2) is 0 Å². The van der Waals surface area contributed by atoms with Crippen molar-refractivity contribution in [3.05, 3.63) is 70.5 Å². The third-order valence-electron chi connectivity index (χ3n) is 2.48. The summed E-state index contributed by atoms with van der Waals surface area (Å²) in [6, 6.07) is 9.60. The average molecular weight is 269 g/mol. The quantitative estimate of drug-likeness (QED) is 0.525. The van der Waals surface area contributed by atoms with Gasteiger partial charge in [-0.2, -0.15) is 0 Å². The van der Waals surface area contributed by atoms with Crippen molar-refractivity contribution in [2.45, 2.75) is 0 Å². The van der Waals surface area contributed by atoms with E-state index in [9.17, 15) is 14.9 Å². The monoisotopic (exact) mass is 269 g/mol. The summed E-state index contributed by atoms with van der Waals surface area (Å²) in [5, 5.41) is 13.4. The number of rotatable bonds is 4. The summed E-state index contributed by atoms with van der Waals surface area (Å²) < 4.78 is 0. The Kier molecular flexibility index (Phi) is 4.18. The summed E-state index contributed by atoms with van der Waals surface area (Å²) in [4.78, 5) is 25.9. The fourth-order valence-corrected chi connectivity index (χ4v) is 1.58. The molecule has 0 saturated heterocycles. The molecule has 2 aromatic rings. The van der Waals surface area contributed by atoms with Gasteiger partial charge in [-0.1, -0.05) is 12.1 Å². The predicted molar refractivity (Wildman–Crippen MR) is 75.0 cm³/mol. The maximum atomic E-state index is 11.7. The fraction of sp³-hybridized carbons (Fsp3) is 0. The van der Waals surface area contributed by atoms with Crippen molar-refractivity contribution >= 4 is 23.4 Å².